The standard InChI is InChI=1S/C7H9N.3FH/c8-6-7-4-2-1-3-5-7;;;/h1-5H,6,8H2;3*1H. The van der Waals surface area contributed by atoms with Crippen LogP contribution < -0.4 is 5.73 Å². The van der Waals surface area contributed by atoms with E-state index in [0.717, 1.165) is 0 Å². The van der Waals surface area contributed by atoms with E-state index < -0.39 is 0 Å². The van der Waals surface area contributed by atoms with E-state index in [1.807, 2.05) is 30.3 Å². The van der Waals surface area contributed by atoms with Crippen molar-refractivity contribution in [1.29, 1.82) is 0 Å². The van der Waals surface area contributed by atoms with Gasteiger partial charge in [0.1, 0.15) is 0 Å². The third-order valence-electron chi connectivity index (χ3n) is 1.08. The van der Waals surface area contributed by atoms with E-state index in [9.17, 15) is 0 Å². The number of nitrogens with two attached hydrogens (primary N) is 1. The molecule has 11 heavy (non-hydrogen) atoms. The van der Waals surface area contributed by atoms with Crippen LogP contribution in [0.3, 0.4) is 0 Å². The van der Waals surface area contributed by atoms with Gasteiger partial charge in [-0.3, -0.25) is 14.1 Å². The Balaban J connectivity index is -0.000000213. The number of hydrogen-bond donors (Lipinski definition) is 1. The predicted octanol–water partition coefficient (Wildman–Crippen LogP) is 1.60. The maximum atomic E-state index is 5.35. The van der Waals surface area contributed by atoms with Gasteiger partial charge < -0.3 is 5.73 Å². The van der Waals surface area contributed by atoms with E-state index in [-0.39, 0.29) is 14.1 Å². The third kappa shape index (κ3) is 5.42. The van der Waals surface area contributed by atoms with Crippen molar-refractivity contribution < 1.29 is 14.1 Å². The van der Waals surface area contributed by atoms with Crippen LogP contribution in [0.1, 0.15) is 5.56 Å². The first-order valence-electron chi connectivity index (χ1n) is 2.67. The van der Waals surface area contributed by atoms with Crippen LogP contribution in [0.4, 0.5) is 14.1 Å². The molecule has 2 N–H and O–H groups in total. The van der Waals surface area contributed by atoms with E-state index in [1.54, 1.807) is 0 Å². The zero-order valence-corrected chi connectivity index (χ0v) is 5.90. The van der Waals surface area contributed by atoms with Crippen LogP contribution in [-0.4, -0.2) is 0 Å². The molecular weight excluding hydrogens is 155 g/mol. The highest BCUT2D eigenvalue weighted by molar-refractivity contribution is 5.13. The lowest BCUT2D eigenvalue weighted by atomic mass is 10.2. The van der Waals surface area contributed by atoms with Crippen molar-refractivity contribution in [2.75, 3.05) is 0 Å². The first kappa shape index (κ1) is 16.5. The second-order valence-corrected chi connectivity index (χ2v) is 1.69. The fourth-order valence-electron chi connectivity index (χ4n) is 0.614. The van der Waals surface area contributed by atoms with Gasteiger partial charge in [-0.2, -0.15) is 0 Å². The Labute approximate surface area is 63.3 Å². The van der Waals surface area contributed by atoms with Crippen LogP contribution >= 0.6 is 0 Å². The van der Waals surface area contributed by atoms with Crippen molar-refractivity contribution in [3.8, 4) is 0 Å². The number of halogens is 3. The highest BCUT2D eigenvalue weighted by atomic mass is 19.0. The Hall–Kier alpha value is -1.03. The maximum Gasteiger partial charge on any atom is 0.0178 e. The predicted molar refractivity (Wildman–Crippen MR) is 41.8 cm³/mol. The van der Waals surface area contributed by atoms with Crippen molar-refractivity contribution in [3.63, 3.8) is 0 Å². The zero-order valence-electron chi connectivity index (χ0n) is 5.90. The quantitative estimate of drug-likeness (QED) is 0.675. The third-order valence-corrected chi connectivity index (χ3v) is 1.08. The molecule has 1 nitrogen and oxygen atoms in total. The van der Waals surface area contributed by atoms with Crippen molar-refractivity contribution >= 4 is 0 Å². The fraction of sp³-hybridized carbons (Fsp3) is 0.143. The SMILES string of the molecule is F.F.F.NCc1ccccc1. The van der Waals surface area contributed by atoms with Gasteiger partial charge in [-0.15, -0.1) is 0 Å². The molecule has 0 aromatic heterocycles. The molecule has 0 spiro atoms. The molecule has 66 valence electrons. The molecule has 0 saturated heterocycles. The van der Waals surface area contributed by atoms with Crippen LogP contribution in [0.2, 0.25) is 0 Å². The molecule has 0 atom stereocenters. The summed E-state index contributed by atoms with van der Waals surface area (Å²) in [5.41, 5.74) is 6.54. The topological polar surface area (TPSA) is 26.0 Å². The Bertz CT molecular complexity index is 155. The van der Waals surface area contributed by atoms with Crippen molar-refractivity contribution in [1.82, 2.24) is 0 Å². The van der Waals surface area contributed by atoms with E-state index in [2.05, 4.69) is 0 Å². The average molecular weight is 167 g/mol. The molecule has 1 rings (SSSR count). The molecule has 1 aromatic rings. The minimum atomic E-state index is 0. The maximum absolute atomic E-state index is 5.35. The smallest absolute Gasteiger partial charge is 0.0178 e. The van der Waals surface area contributed by atoms with Crippen molar-refractivity contribution in [2.24, 2.45) is 5.73 Å². The van der Waals surface area contributed by atoms with Crippen LogP contribution in [0, 0.1) is 0 Å². The molecule has 0 unspecified atom stereocenters. The summed E-state index contributed by atoms with van der Waals surface area (Å²) in [5, 5.41) is 0. The molecule has 0 bridgehead atoms. The summed E-state index contributed by atoms with van der Waals surface area (Å²) >= 11 is 0. The van der Waals surface area contributed by atoms with Gasteiger partial charge in [0.25, 0.3) is 0 Å². The van der Waals surface area contributed by atoms with Crippen molar-refractivity contribution in [2.45, 2.75) is 6.54 Å². The summed E-state index contributed by atoms with van der Waals surface area (Å²) in [6.45, 7) is 0.640. The Morgan fingerprint density at radius 3 is 1.64 bits per heavy atom. The molecule has 0 aliphatic rings. The van der Waals surface area contributed by atoms with Crippen molar-refractivity contribution in [3.05, 3.63) is 35.9 Å². The molecule has 0 radical (unpaired) electrons. The first-order chi connectivity index (χ1) is 3.93. The van der Waals surface area contributed by atoms with E-state index >= 15 is 0 Å². The lowest BCUT2D eigenvalue weighted by Gasteiger charge is -1.90. The normalized spacial score (nSPS) is 6.64. The molecule has 0 aliphatic carbocycles. The zero-order chi connectivity index (χ0) is 5.82. The molecule has 1 aromatic carbocycles. The van der Waals surface area contributed by atoms with Gasteiger partial charge in [0.05, 0.1) is 0 Å². The molecule has 0 heterocycles. The highest BCUT2D eigenvalue weighted by Gasteiger charge is 1.80. The molecular formula is C7H12F3N. The summed E-state index contributed by atoms with van der Waals surface area (Å²) in [6.07, 6.45) is 0. The van der Waals surface area contributed by atoms with Gasteiger partial charge in [0.15, 0.2) is 0 Å². The molecule has 0 saturated carbocycles. The van der Waals surface area contributed by atoms with Gasteiger partial charge in [-0.1, -0.05) is 30.3 Å². The Kier molecular flexibility index (Phi) is 13.5. The Morgan fingerprint density at radius 1 is 0.909 bits per heavy atom. The fourth-order valence-corrected chi connectivity index (χ4v) is 0.614. The van der Waals surface area contributed by atoms with E-state index in [0.29, 0.717) is 6.54 Å². The molecule has 0 fully saturated rings. The number of benzene rings is 1. The van der Waals surface area contributed by atoms with Gasteiger partial charge >= 0.3 is 0 Å². The van der Waals surface area contributed by atoms with E-state index in [1.165, 1.54) is 5.56 Å². The second kappa shape index (κ2) is 8.97. The first-order valence-corrected chi connectivity index (χ1v) is 2.67. The van der Waals surface area contributed by atoms with Crippen LogP contribution in [-0.2, 0) is 6.54 Å². The van der Waals surface area contributed by atoms with Crippen LogP contribution in [0.5, 0.6) is 0 Å². The summed E-state index contributed by atoms with van der Waals surface area (Å²) < 4.78 is 0. The summed E-state index contributed by atoms with van der Waals surface area (Å²) in [6, 6.07) is 9.99. The lowest BCUT2D eigenvalue weighted by Crippen LogP contribution is -1.94. The minimum Gasteiger partial charge on any atom is -0.326 e. The summed E-state index contributed by atoms with van der Waals surface area (Å²) in [7, 11) is 0. The minimum absolute atomic E-state index is 0. The average Bonchev–Trinajstić information content (AvgIpc) is 1.90. The van der Waals surface area contributed by atoms with Gasteiger partial charge in [0.2, 0.25) is 0 Å². The monoisotopic (exact) mass is 167 g/mol. The van der Waals surface area contributed by atoms with Crippen LogP contribution in [0.15, 0.2) is 30.3 Å². The van der Waals surface area contributed by atoms with Gasteiger partial charge in [-0.05, 0) is 5.56 Å². The molecule has 0 amide bonds. The number of hydrogen-bond acceptors (Lipinski definition) is 1. The molecule has 0 aliphatic heterocycles. The highest BCUT2D eigenvalue weighted by Crippen LogP contribution is 1.94. The van der Waals surface area contributed by atoms with E-state index in [4.69, 9.17) is 5.73 Å². The summed E-state index contributed by atoms with van der Waals surface area (Å²) in [4.78, 5) is 0. The second-order valence-electron chi connectivity index (χ2n) is 1.69. The van der Waals surface area contributed by atoms with Crippen LogP contribution in [0.25, 0.3) is 0 Å². The summed E-state index contributed by atoms with van der Waals surface area (Å²) in [5.74, 6) is 0. The largest absolute Gasteiger partial charge is 0.326 e. The molecule has 4 heteroatoms. The van der Waals surface area contributed by atoms with Gasteiger partial charge in [0, 0.05) is 6.54 Å². The lowest BCUT2D eigenvalue weighted by molar-refractivity contribution is 1.07. The van der Waals surface area contributed by atoms with Gasteiger partial charge in [-0.25, -0.2) is 0 Å². The number of rotatable bonds is 1. The Morgan fingerprint density at radius 2 is 1.36 bits per heavy atom.